The summed E-state index contributed by atoms with van der Waals surface area (Å²) in [6.07, 6.45) is 0.406. The minimum Gasteiger partial charge on any atom is -0.409 e. The molecular formula is C10H20N4O3. The number of amides is 1. The predicted molar refractivity (Wildman–Crippen MR) is 62.9 cm³/mol. The van der Waals surface area contributed by atoms with Crippen LogP contribution in [0.25, 0.3) is 0 Å². The first-order valence-electron chi connectivity index (χ1n) is 5.71. The zero-order chi connectivity index (χ0) is 12.7. The van der Waals surface area contributed by atoms with Gasteiger partial charge in [-0.05, 0) is 6.92 Å². The van der Waals surface area contributed by atoms with Crippen molar-refractivity contribution in [2.24, 2.45) is 10.9 Å². The first kappa shape index (κ1) is 13.7. The van der Waals surface area contributed by atoms with Gasteiger partial charge in [0.15, 0.2) is 5.84 Å². The maximum absolute atomic E-state index is 11.7. The van der Waals surface area contributed by atoms with Crippen LogP contribution in [0.1, 0.15) is 13.3 Å². The molecule has 7 heteroatoms. The van der Waals surface area contributed by atoms with Crippen LogP contribution in [0.2, 0.25) is 0 Å². The molecule has 1 saturated heterocycles. The van der Waals surface area contributed by atoms with Crippen LogP contribution in [0.4, 0.5) is 0 Å². The Morgan fingerprint density at radius 2 is 2.24 bits per heavy atom. The van der Waals surface area contributed by atoms with Crippen LogP contribution in [-0.4, -0.2) is 60.7 Å². The number of amidine groups is 1. The van der Waals surface area contributed by atoms with Crippen LogP contribution in [0.3, 0.4) is 0 Å². The number of morpholine rings is 1. The molecule has 1 aliphatic rings. The van der Waals surface area contributed by atoms with Gasteiger partial charge in [0.1, 0.15) is 0 Å². The minimum absolute atomic E-state index is 0.104. The normalized spacial score (nSPS) is 19.1. The maximum Gasteiger partial charge on any atom is 0.224 e. The molecular weight excluding hydrogens is 224 g/mol. The molecule has 1 heterocycles. The Hall–Kier alpha value is -1.34. The third kappa shape index (κ3) is 4.58. The summed E-state index contributed by atoms with van der Waals surface area (Å²) in [6.45, 7) is 4.82. The number of hydrogen-bond donors (Lipinski definition) is 3. The number of carbonyl (C=O) groups is 1. The second-order valence-corrected chi connectivity index (χ2v) is 3.94. The quantitative estimate of drug-likeness (QED) is 0.248. The Morgan fingerprint density at radius 1 is 1.59 bits per heavy atom. The fraction of sp³-hybridized carbons (Fsp3) is 0.800. The Labute approximate surface area is 101 Å². The van der Waals surface area contributed by atoms with Gasteiger partial charge >= 0.3 is 0 Å². The van der Waals surface area contributed by atoms with Gasteiger partial charge in [-0.15, -0.1) is 0 Å². The SMILES string of the molecule is CC(NCCC(=O)N1CCOCC1)C(N)=NO. The second-order valence-electron chi connectivity index (χ2n) is 3.94. The highest BCUT2D eigenvalue weighted by Gasteiger charge is 2.16. The smallest absolute Gasteiger partial charge is 0.224 e. The number of nitrogens with two attached hydrogens (primary N) is 1. The van der Waals surface area contributed by atoms with Crippen LogP contribution >= 0.6 is 0 Å². The standard InChI is InChI=1S/C10H20N4O3/c1-8(10(11)13-16)12-3-2-9(15)14-4-6-17-7-5-14/h8,12,16H,2-7H2,1H3,(H2,11,13). The van der Waals surface area contributed by atoms with Crippen molar-refractivity contribution in [1.29, 1.82) is 0 Å². The first-order chi connectivity index (χ1) is 8.15. The molecule has 1 amide bonds. The number of oxime groups is 1. The number of hydrogen-bond acceptors (Lipinski definition) is 5. The summed E-state index contributed by atoms with van der Waals surface area (Å²) in [5.41, 5.74) is 5.40. The topological polar surface area (TPSA) is 100 Å². The van der Waals surface area contributed by atoms with E-state index in [0.29, 0.717) is 39.3 Å². The molecule has 17 heavy (non-hydrogen) atoms. The number of rotatable bonds is 5. The van der Waals surface area contributed by atoms with Crippen molar-refractivity contribution in [3.8, 4) is 0 Å². The Morgan fingerprint density at radius 3 is 2.82 bits per heavy atom. The van der Waals surface area contributed by atoms with Crippen LogP contribution in [0.5, 0.6) is 0 Å². The van der Waals surface area contributed by atoms with E-state index < -0.39 is 0 Å². The summed E-state index contributed by atoms with van der Waals surface area (Å²) in [7, 11) is 0. The molecule has 7 nitrogen and oxygen atoms in total. The molecule has 1 atom stereocenters. The van der Waals surface area contributed by atoms with Crippen molar-refractivity contribution >= 4 is 11.7 Å². The lowest BCUT2D eigenvalue weighted by Gasteiger charge is -2.27. The molecule has 4 N–H and O–H groups in total. The third-order valence-corrected chi connectivity index (χ3v) is 2.71. The molecule has 98 valence electrons. The lowest BCUT2D eigenvalue weighted by atomic mass is 10.2. The molecule has 0 saturated carbocycles. The second kappa shape index (κ2) is 7.08. The number of nitrogens with one attached hydrogen (secondary N) is 1. The summed E-state index contributed by atoms with van der Waals surface area (Å²) in [6, 6.07) is -0.238. The van der Waals surface area contributed by atoms with E-state index in [1.807, 2.05) is 0 Å². The maximum atomic E-state index is 11.7. The van der Waals surface area contributed by atoms with Gasteiger partial charge in [-0.3, -0.25) is 4.79 Å². The molecule has 1 unspecified atom stereocenters. The molecule has 0 aliphatic carbocycles. The average molecular weight is 244 g/mol. The Bertz CT molecular complexity index is 277. The monoisotopic (exact) mass is 244 g/mol. The number of nitrogens with zero attached hydrogens (tertiary/aromatic N) is 2. The summed E-state index contributed by atoms with van der Waals surface area (Å²) >= 11 is 0. The van der Waals surface area contributed by atoms with Crippen LogP contribution in [0, 0.1) is 0 Å². The predicted octanol–water partition coefficient (Wildman–Crippen LogP) is -1.04. The van der Waals surface area contributed by atoms with E-state index in [4.69, 9.17) is 15.7 Å². The molecule has 0 bridgehead atoms. The van der Waals surface area contributed by atoms with Crippen molar-refractivity contribution in [3.05, 3.63) is 0 Å². The molecule has 0 radical (unpaired) electrons. The van der Waals surface area contributed by atoms with Gasteiger partial charge in [0.25, 0.3) is 0 Å². The van der Waals surface area contributed by atoms with Gasteiger partial charge < -0.3 is 25.9 Å². The minimum atomic E-state index is -0.238. The van der Waals surface area contributed by atoms with E-state index >= 15 is 0 Å². The van der Waals surface area contributed by atoms with Crippen molar-refractivity contribution in [2.45, 2.75) is 19.4 Å². The molecule has 0 aromatic rings. The van der Waals surface area contributed by atoms with E-state index in [2.05, 4.69) is 10.5 Å². The van der Waals surface area contributed by atoms with Crippen LogP contribution in [-0.2, 0) is 9.53 Å². The van der Waals surface area contributed by atoms with Crippen molar-refractivity contribution in [2.75, 3.05) is 32.8 Å². The molecule has 1 rings (SSSR count). The van der Waals surface area contributed by atoms with Gasteiger partial charge in [0.2, 0.25) is 5.91 Å². The summed E-state index contributed by atoms with van der Waals surface area (Å²) < 4.78 is 5.17. The van der Waals surface area contributed by atoms with Gasteiger partial charge in [0, 0.05) is 26.1 Å². The van der Waals surface area contributed by atoms with Gasteiger partial charge in [-0.25, -0.2) is 0 Å². The molecule has 0 spiro atoms. The highest BCUT2D eigenvalue weighted by Crippen LogP contribution is 1.99. The van der Waals surface area contributed by atoms with E-state index in [1.165, 1.54) is 0 Å². The zero-order valence-corrected chi connectivity index (χ0v) is 10.1. The largest absolute Gasteiger partial charge is 0.409 e. The molecule has 0 aromatic carbocycles. The van der Waals surface area contributed by atoms with E-state index in [-0.39, 0.29) is 17.8 Å². The van der Waals surface area contributed by atoms with Gasteiger partial charge in [0.05, 0.1) is 19.3 Å². The fourth-order valence-electron chi connectivity index (χ4n) is 1.56. The molecule has 1 fully saturated rings. The summed E-state index contributed by atoms with van der Waals surface area (Å²) in [5, 5.41) is 14.4. The molecule has 0 aromatic heterocycles. The van der Waals surface area contributed by atoms with Crippen LogP contribution < -0.4 is 11.1 Å². The van der Waals surface area contributed by atoms with Crippen molar-refractivity contribution in [1.82, 2.24) is 10.2 Å². The number of carbonyl (C=O) groups excluding carboxylic acids is 1. The molecule has 1 aliphatic heterocycles. The highest BCUT2D eigenvalue weighted by molar-refractivity contribution is 5.84. The van der Waals surface area contributed by atoms with E-state index in [9.17, 15) is 4.79 Å². The summed E-state index contributed by atoms with van der Waals surface area (Å²) in [5.74, 6) is 0.219. The van der Waals surface area contributed by atoms with Crippen LogP contribution in [0.15, 0.2) is 5.16 Å². The Kier molecular flexibility index (Phi) is 5.71. The fourth-order valence-corrected chi connectivity index (χ4v) is 1.56. The lowest BCUT2D eigenvalue weighted by Crippen LogP contribution is -2.44. The van der Waals surface area contributed by atoms with E-state index in [1.54, 1.807) is 11.8 Å². The average Bonchev–Trinajstić information content (AvgIpc) is 2.38. The van der Waals surface area contributed by atoms with Gasteiger partial charge in [-0.1, -0.05) is 5.16 Å². The zero-order valence-electron chi connectivity index (χ0n) is 10.1. The van der Waals surface area contributed by atoms with Crippen molar-refractivity contribution in [3.63, 3.8) is 0 Å². The summed E-state index contributed by atoms with van der Waals surface area (Å²) in [4.78, 5) is 13.5. The van der Waals surface area contributed by atoms with E-state index in [0.717, 1.165) is 0 Å². The lowest BCUT2D eigenvalue weighted by molar-refractivity contribution is -0.135. The highest BCUT2D eigenvalue weighted by atomic mass is 16.5. The third-order valence-electron chi connectivity index (χ3n) is 2.71. The van der Waals surface area contributed by atoms with Gasteiger partial charge in [-0.2, -0.15) is 0 Å². The first-order valence-corrected chi connectivity index (χ1v) is 5.71. The number of ether oxygens (including phenoxy) is 1. The van der Waals surface area contributed by atoms with Crippen molar-refractivity contribution < 1.29 is 14.7 Å². The Balaban J connectivity index is 2.19.